The van der Waals surface area contributed by atoms with Gasteiger partial charge >= 0.3 is 0 Å². The molecule has 1 rings (SSSR count). The third-order valence-corrected chi connectivity index (χ3v) is 1.46. The molecule has 1 aromatic heterocycles. The molecule has 0 amide bonds. The minimum atomic E-state index is -2.58. The van der Waals surface area contributed by atoms with E-state index in [1.807, 2.05) is 0 Å². The largest absolute Gasteiger partial charge is 0.489 e. The molecular formula is C7H10F2N4O2. The van der Waals surface area contributed by atoms with E-state index in [-0.39, 0.29) is 17.4 Å². The molecule has 0 bridgehead atoms. The normalized spacial score (nSPS) is 10.2. The van der Waals surface area contributed by atoms with Crippen LogP contribution in [0.2, 0.25) is 0 Å². The molecule has 8 heteroatoms. The number of hydrazine groups is 1. The summed E-state index contributed by atoms with van der Waals surface area (Å²) in [4.78, 5) is 7.36. The van der Waals surface area contributed by atoms with E-state index < -0.39 is 13.0 Å². The lowest BCUT2D eigenvalue weighted by Crippen LogP contribution is -2.13. The van der Waals surface area contributed by atoms with E-state index >= 15 is 0 Å². The average Bonchev–Trinajstić information content (AvgIpc) is 2.25. The number of aromatic nitrogens is 2. The van der Waals surface area contributed by atoms with Crippen molar-refractivity contribution in [2.75, 3.05) is 19.1 Å². The van der Waals surface area contributed by atoms with Crippen LogP contribution in [0.5, 0.6) is 11.6 Å². The average molecular weight is 220 g/mol. The van der Waals surface area contributed by atoms with E-state index in [2.05, 4.69) is 15.4 Å². The van der Waals surface area contributed by atoms with Crippen LogP contribution in [0.4, 0.5) is 14.6 Å². The summed E-state index contributed by atoms with van der Waals surface area (Å²) in [6, 6.07) is 0. The predicted molar refractivity (Wildman–Crippen MR) is 47.9 cm³/mol. The van der Waals surface area contributed by atoms with Crippen molar-refractivity contribution in [1.29, 1.82) is 0 Å². The first kappa shape index (κ1) is 11.4. The Labute approximate surface area is 84.4 Å². The van der Waals surface area contributed by atoms with Gasteiger partial charge in [-0.2, -0.15) is 4.98 Å². The monoisotopic (exact) mass is 220 g/mol. The topological polar surface area (TPSA) is 82.3 Å². The second kappa shape index (κ2) is 5.25. The standard InChI is InChI=1S/C7H10F2N4O2/c1-14-5-6(13-10)11-3-12-7(5)15-2-4(8)9/h3-4H,2,10H2,1H3,(H,11,12,13). The highest BCUT2D eigenvalue weighted by molar-refractivity contribution is 5.54. The molecule has 0 radical (unpaired) electrons. The Balaban J connectivity index is 2.86. The molecular weight excluding hydrogens is 210 g/mol. The Hall–Kier alpha value is -1.70. The van der Waals surface area contributed by atoms with Crippen LogP contribution in [0.15, 0.2) is 6.33 Å². The van der Waals surface area contributed by atoms with Crippen LogP contribution in [0.3, 0.4) is 0 Å². The van der Waals surface area contributed by atoms with Gasteiger partial charge in [-0.3, -0.25) is 0 Å². The smallest absolute Gasteiger partial charge is 0.272 e. The van der Waals surface area contributed by atoms with Gasteiger partial charge < -0.3 is 14.9 Å². The molecule has 0 fully saturated rings. The quantitative estimate of drug-likeness (QED) is 0.552. The summed E-state index contributed by atoms with van der Waals surface area (Å²) in [5, 5.41) is 0. The number of nitrogens with zero attached hydrogens (tertiary/aromatic N) is 2. The zero-order valence-corrected chi connectivity index (χ0v) is 7.91. The van der Waals surface area contributed by atoms with Crippen LogP contribution in [0, 0.1) is 0 Å². The molecule has 0 aliphatic heterocycles. The van der Waals surface area contributed by atoms with Gasteiger partial charge in [0, 0.05) is 0 Å². The van der Waals surface area contributed by atoms with Crippen molar-refractivity contribution in [3.63, 3.8) is 0 Å². The number of methoxy groups -OCH3 is 1. The fraction of sp³-hybridized carbons (Fsp3) is 0.429. The predicted octanol–water partition coefficient (Wildman–Crippen LogP) is 0.415. The third-order valence-electron chi connectivity index (χ3n) is 1.46. The van der Waals surface area contributed by atoms with Gasteiger partial charge in [-0.15, -0.1) is 0 Å². The molecule has 1 aromatic rings. The van der Waals surface area contributed by atoms with Crippen LogP contribution in [0.1, 0.15) is 0 Å². The number of anilines is 1. The van der Waals surface area contributed by atoms with Gasteiger partial charge in [0.1, 0.15) is 6.33 Å². The van der Waals surface area contributed by atoms with Gasteiger partial charge in [-0.25, -0.2) is 19.6 Å². The molecule has 0 saturated heterocycles. The van der Waals surface area contributed by atoms with Gasteiger partial charge in [0.15, 0.2) is 12.4 Å². The summed E-state index contributed by atoms with van der Waals surface area (Å²) in [5.41, 5.74) is 2.23. The van der Waals surface area contributed by atoms with Crippen LogP contribution >= 0.6 is 0 Å². The fourth-order valence-electron chi connectivity index (χ4n) is 0.889. The highest BCUT2D eigenvalue weighted by Crippen LogP contribution is 2.30. The Morgan fingerprint density at radius 1 is 1.53 bits per heavy atom. The second-order valence-corrected chi connectivity index (χ2v) is 2.41. The summed E-state index contributed by atoms with van der Waals surface area (Å²) < 4.78 is 33.4. The number of halogens is 2. The maximum absolute atomic E-state index is 11.9. The maximum atomic E-state index is 11.9. The third kappa shape index (κ3) is 2.88. The van der Waals surface area contributed by atoms with Crippen LogP contribution in [0.25, 0.3) is 0 Å². The van der Waals surface area contributed by atoms with Crippen LogP contribution in [-0.2, 0) is 0 Å². The summed E-state index contributed by atoms with van der Waals surface area (Å²) in [6.45, 7) is -0.766. The Bertz CT molecular complexity index is 324. The summed E-state index contributed by atoms with van der Waals surface area (Å²) in [7, 11) is 1.33. The van der Waals surface area contributed by atoms with Gasteiger partial charge in [0.2, 0.25) is 5.75 Å². The number of nitrogen functional groups attached to an aromatic ring is 1. The number of hydrogen-bond donors (Lipinski definition) is 2. The highest BCUT2D eigenvalue weighted by Gasteiger charge is 2.14. The lowest BCUT2D eigenvalue weighted by Gasteiger charge is -2.11. The number of hydrogen-bond acceptors (Lipinski definition) is 6. The number of rotatable bonds is 5. The van der Waals surface area contributed by atoms with Gasteiger partial charge in [0.25, 0.3) is 12.3 Å². The van der Waals surface area contributed by atoms with E-state index in [0.29, 0.717) is 0 Å². The van der Waals surface area contributed by atoms with Gasteiger partial charge in [0.05, 0.1) is 7.11 Å². The summed E-state index contributed by atoms with van der Waals surface area (Å²) >= 11 is 0. The molecule has 1 heterocycles. The molecule has 6 nitrogen and oxygen atoms in total. The fourth-order valence-corrected chi connectivity index (χ4v) is 0.889. The molecule has 0 aromatic carbocycles. The number of nitrogens with one attached hydrogen (secondary N) is 1. The lowest BCUT2D eigenvalue weighted by atomic mass is 10.5. The molecule has 0 aliphatic rings. The molecule has 15 heavy (non-hydrogen) atoms. The first-order chi connectivity index (χ1) is 7.19. The first-order valence-electron chi connectivity index (χ1n) is 3.95. The molecule has 0 saturated carbocycles. The van der Waals surface area contributed by atoms with Crippen molar-refractivity contribution in [3.05, 3.63) is 6.33 Å². The summed E-state index contributed by atoms with van der Waals surface area (Å²) in [6.07, 6.45) is -1.46. The molecule has 3 N–H and O–H groups in total. The van der Waals surface area contributed by atoms with Crippen molar-refractivity contribution in [2.24, 2.45) is 5.84 Å². The molecule has 0 atom stereocenters. The Kier molecular flexibility index (Phi) is 3.98. The molecule has 0 aliphatic carbocycles. The minimum absolute atomic E-state index is 0.0826. The van der Waals surface area contributed by atoms with E-state index in [1.54, 1.807) is 0 Å². The zero-order valence-electron chi connectivity index (χ0n) is 7.91. The maximum Gasteiger partial charge on any atom is 0.272 e. The van der Waals surface area contributed by atoms with Gasteiger partial charge in [-0.1, -0.05) is 0 Å². The second-order valence-electron chi connectivity index (χ2n) is 2.41. The van der Waals surface area contributed by atoms with Crippen molar-refractivity contribution in [1.82, 2.24) is 9.97 Å². The van der Waals surface area contributed by atoms with Crippen molar-refractivity contribution >= 4 is 5.82 Å². The zero-order chi connectivity index (χ0) is 11.3. The lowest BCUT2D eigenvalue weighted by molar-refractivity contribution is 0.0779. The van der Waals surface area contributed by atoms with Crippen molar-refractivity contribution < 1.29 is 18.3 Å². The van der Waals surface area contributed by atoms with Gasteiger partial charge in [-0.05, 0) is 0 Å². The van der Waals surface area contributed by atoms with Crippen molar-refractivity contribution in [3.8, 4) is 11.6 Å². The SMILES string of the molecule is COc1c(NN)ncnc1OCC(F)F. The Morgan fingerprint density at radius 2 is 2.27 bits per heavy atom. The highest BCUT2D eigenvalue weighted by atomic mass is 19.3. The number of ether oxygens (including phenoxy) is 2. The van der Waals surface area contributed by atoms with Crippen LogP contribution in [-0.4, -0.2) is 30.1 Å². The van der Waals surface area contributed by atoms with E-state index in [9.17, 15) is 8.78 Å². The number of nitrogens with two attached hydrogens (primary N) is 1. The Morgan fingerprint density at radius 3 is 2.80 bits per heavy atom. The van der Waals surface area contributed by atoms with E-state index in [0.717, 1.165) is 6.33 Å². The summed E-state index contributed by atoms with van der Waals surface area (Å²) in [5.74, 6) is 5.29. The molecule has 84 valence electrons. The number of alkyl halides is 2. The van der Waals surface area contributed by atoms with E-state index in [4.69, 9.17) is 15.3 Å². The minimum Gasteiger partial charge on any atom is -0.489 e. The molecule has 0 unspecified atom stereocenters. The molecule has 0 spiro atoms. The van der Waals surface area contributed by atoms with E-state index in [1.165, 1.54) is 7.11 Å². The van der Waals surface area contributed by atoms with Crippen LogP contribution < -0.4 is 20.7 Å². The van der Waals surface area contributed by atoms with Crippen molar-refractivity contribution in [2.45, 2.75) is 6.43 Å². The first-order valence-corrected chi connectivity index (χ1v) is 3.95.